The van der Waals surface area contributed by atoms with Crippen LogP contribution in [0.2, 0.25) is 0 Å². The molecule has 2 aliphatic rings. The van der Waals surface area contributed by atoms with Crippen LogP contribution in [0.3, 0.4) is 0 Å². The van der Waals surface area contributed by atoms with Gasteiger partial charge in [-0.2, -0.15) is 0 Å². The van der Waals surface area contributed by atoms with E-state index >= 15 is 0 Å². The lowest BCUT2D eigenvalue weighted by atomic mass is 10.1. The third kappa shape index (κ3) is 2.04. The lowest BCUT2D eigenvalue weighted by Crippen LogP contribution is -2.04. The molecule has 3 aromatic rings. The van der Waals surface area contributed by atoms with E-state index in [1.807, 2.05) is 0 Å². The van der Waals surface area contributed by atoms with Gasteiger partial charge in [-0.25, -0.2) is 9.97 Å². The van der Waals surface area contributed by atoms with Crippen molar-refractivity contribution in [3.05, 3.63) is 24.4 Å². The van der Waals surface area contributed by atoms with E-state index in [4.69, 9.17) is 10.3 Å². The van der Waals surface area contributed by atoms with Crippen LogP contribution in [-0.2, 0) is 0 Å². The van der Waals surface area contributed by atoms with E-state index in [-0.39, 0.29) is 0 Å². The second-order valence-electron chi connectivity index (χ2n) is 6.73. The third-order valence-electron chi connectivity index (χ3n) is 5.14. The predicted molar refractivity (Wildman–Crippen MR) is 86.9 cm³/mol. The lowest BCUT2D eigenvalue weighted by Gasteiger charge is -2.12. The summed E-state index contributed by atoms with van der Waals surface area (Å²) in [7, 11) is 0. The molecule has 0 atom stereocenters. The third-order valence-corrected chi connectivity index (χ3v) is 5.14. The monoisotopic (exact) mass is 309 g/mol. The quantitative estimate of drug-likeness (QED) is 0.798. The average Bonchev–Trinajstić information content (AvgIpc) is 2.99. The van der Waals surface area contributed by atoms with Crippen LogP contribution in [0.4, 0.5) is 5.82 Å². The number of fused-ring (bicyclic) bond motifs is 1. The van der Waals surface area contributed by atoms with E-state index in [0.29, 0.717) is 17.8 Å². The zero-order chi connectivity index (χ0) is 15.4. The number of anilines is 1. The van der Waals surface area contributed by atoms with Gasteiger partial charge in [0.05, 0.1) is 5.39 Å². The molecule has 0 amide bonds. The molecule has 6 nitrogen and oxygen atoms in total. The van der Waals surface area contributed by atoms with Crippen molar-refractivity contribution in [3.8, 4) is 11.3 Å². The van der Waals surface area contributed by atoms with Gasteiger partial charge in [0.1, 0.15) is 29.2 Å². The fourth-order valence-electron chi connectivity index (χ4n) is 3.74. The Kier molecular flexibility index (Phi) is 2.74. The van der Waals surface area contributed by atoms with Gasteiger partial charge in [0.25, 0.3) is 0 Å². The van der Waals surface area contributed by atoms with Crippen molar-refractivity contribution in [2.75, 3.05) is 5.73 Å². The van der Waals surface area contributed by atoms with Crippen molar-refractivity contribution in [1.82, 2.24) is 19.7 Å². The van der Waals surface area contributed by atoms with Crippen LogP contribution in [0.15, 0.2) is 23.1 Å². The molecule has 3 aromatic heterocycles. The number of aromatic nitrogens is 4. The minimum atomic E-state index is 0.496. The first-order chi connectivity index (χ1) is 11.3. The van der Waals surface area contributed by atoms with E-state index < -0.39 is 0 Å². The second-order valence-corrected chi connectivity index (χ2v) is 6.73. The summed E-state index contributed by atoms with van der Waals surface area (Å²) in [4.78, 5) is 8.68. The van der Waals surface area contributed by atoms with Gasteiger partial charge in [0.2, 0.25) is 0 Å². The van der Waals surface area contributed by atoms with Crippen molar-refractivity contribution in [2.24, 2.45) is 0 Å². The molecule has 5 rings (SSSR count). The van der Waals surface area contributed by atoms with Crippen molar-refractivity contribution in [1.29, 1.82) is 0 Å². The Morgan fingerprint density at radius 1 is 1.13 bits per heavy atom. The molecule has 0 bridgehead atoms. The van der Waals surface area contributed by atoms with Crippen LogP contribution in [0.5, 0.6) is 0 Å². The first-order valence-corrected chi connectivity index (χ1v) is 8.39. The number of rotatable bonds is 3. The van der Waals surface area contributed by atoms with Gasteiger partial charge >= 0.3 is 0 Å². The van der Waals surface area contributed by atoms with Crippen LogP contribution in [0, 0.1) is 0 Å². The Morgan fingerprint density at radius 3 is 2.74 bits per heavy atom. The van der Waals surface area contributed by atoms with Gasteiger partial charge in [-0.1, -0.05) is 18.0 Å². The first kappa shape index (κ1) is 13.1. The van der Waals surface area contributed by atoms with Crippen molar-refractivity contribution in [2.45, 2.75) is 50.5 Å². The van der Waals surface area contributed by atoms with E-state index in [1.165, 1.54) is 38.5 Å². The fraction of sp³-hybridized carbons (Fsp3) is 0.471. The Labute approximate surface area is 133 Å². The highest BCUT2D eigenvalue weighted by atomic mass is 16.5. The van der Waals surface area contributed by atoms with Crippen molar-refractivity contribution in [3.63, 3.8) is 0 Å². The predicted octanol–water partition coefficient (Wildman–Crippen LogP) is 3.66. The number of nitrogen functional groups attached to an aromatic ring is 1. The molecule has 0 unspecified atom stereocenters. The lowest BCUT2D eigenvalue weighted by molar-refractivity contribution is 0.386. The minimum Gasteiger partial charge on any atom is -0.383 e. The highest BCUT2D eigenvalue weighted by molar-refractivity contribution is 5.99. The molecule has 2 fully saturated rings. The summed E-state index contributed by atoms with van der Waals surface area (Å²) in [5.41, 5.74) is 8.90. The van der Waals surface area contributed by atoms with Crippen LogP contribution < -0.4 is 5.73 Å². The maximum Gasteiger partial charge on any atom is 0.146 e. The van der Waals surface area contributed by atoms with E-state index in [1.54, 1.807) is 6.33 Å². The standard InChI is InChI=1S/C17H19N5O/c18-16-15-12(13-7-14(23-21-13)10-5-6-10)8-22(11-3-1-2-4-11)17(15)20-9-19-16/h7-11H,1-6H2,(H2,18,19,20). The SMILES string of the molecule is Nc1ncnc2c1c(-c1cc(C3CC3)on1)cn2C1CCCC1. The van der Waals surface area contributed by atoms with E-state index in [2.05, 4.69) is 32.0 Å². The highest BCUT2D eigenvalue weighted by Gasteiger charge is 2.29. The fourth-order valence-corrected chi connectivity index (χ4v) is 3.74. The molecule has 2 N–H and O–H groups in total. The first-order valence-electron chi connectivity index (χ1n) is 8.39. The summed E-state index contributed by atoms with van der Waals surface area (Å²) < 4.78 is 7.79. The summed E-state index contributed by atoms with van der Waals surface area (Å²) in [5.74, 6) is 2.04. The van der Waals surface area contributed by atoms with E-state index in [9.17, 15) is 0 Å². The van der Waals surface area contributed by atoms with Crippen LogP contribution in [-0.4, -0.2) is 19.7 Å². The molecule has 118 valence electrons. The Hall–Kier alpha value is -2.37. The normalized spacial score (nSPS) is 19.0. The van der Waals surface area contributed by atoms with Crippen molar-refractivity contribution < 1.29 is 4.52 Å². The average molecular weight is 309 g/mol. The second kappa shape index (κ2) is 4.81. The summed E-state index contributed by atoms with van der Waals surface area (Å²) >= 11 is 0. The number of nitrogens with two attached hydrogens (primary N) is 1. The zero-order valence-electron chi connectivity index (χ0n) is 12.9. The molecule has 2 saturated carbocycles. The Bertz CT molecular complexity index is 870. The van der Waals surface area contributed by atoms with E-state index in [0.717, 1.165) is 28.1 Å². The van der Waals surface area contributed by atoms with Gasteiger partial charge in [0.15, 0.2) is 0 Å². The molecule has 0 radical (unpaired) electrons. The molecular weight excluding hydrogens is 290 g/mol. The summed E-state index contributed by atoms with van der Waals surface area (Å²) in [5, 5.41) is 5.18. The summed E-state index contributed by atoms with van der Waals surface area (Å²) in [6.45, 7) is 0. The Balaban J connectivity index is 1.69. The molecular formula is C17H19N5O. The maximum atomic E-state index is 6.16. The number of hydrogen-bond donors (Lipinski definition) is 1. The van der Waals surface area contributed by atoms with Gasteiger partial charge in [-0.15, -0.1) is 0 Å². The van der Waals surface area contributed by atoms with Gasteiger partial charge in [-0.3, -0.25) is 0 Å². The van der Waals surface area contributed by atoms with Gasteiger partial charge in [0, 0.05) is 29.8 Å². The summed E-state index contributed by atoms with van der Waals surface area (Å²) in [6, 6.07) is 2.55. The maximum absolute atomic E-state index is 6.16. The molecule has 0 saturated heterocycles. The smallest absolute Gasteiger partial charge is 0.146 e. The number of nitrogens with zero attached hydrogens (tertiary/aromatic N) is 4. The number of hydrogen-bond acceptors (Lipinski definition) is 5. The minimum absolute atomic E-state index is 0.496. The van der Waals surface area contributed by atoms with Gasteiger partial charge < -0.3 is 14.8 Å². The summed E-state index contributed by atoms with van der Waals surface area (Å²) in [6.07, 6.45) is 11.0. The van der Waals surface area contributed by atoms with Crippen molar-refractivity contribution >= 4 is 16.9 Å². The van der Waals surface area contributed by atoms with Gasteiger partial charge in [-0.05, 0) is 25.7 Å². The molecule has 2 aliphatic carbocycles. The molecule has 0 aliphatic heterocycles. The molecule has 0 aromatic carbocycles. The molecule has 0 spiro atoms. The van der Waals surface area contributed by atoms with Crippen LogP contribution >= 0.6 is 0 Å². The van der Waals surface area contributed by atoms with Crippen LogP contribution in [0.25, 0.3) is 22.3 Å². The molecule has 6 heteroatoms. The molecule has 3 heterocycles. The zero-order valence-corrected chi connectivity index (χ0v) is 12.9. The largest absolute Gasteiger partial charge is 0.383 e. The highest BCUT2D eigenvalue weighted by Crippen LogP contribution is 2.43. The Morgan fingerprint density at radius 2 is 1.96 bits per heavy atom. The van der Waals surface area contributed by atoms with Crippen LogP contribution in [0.1, 0.15) is 56.2 Å². The topological polar surface area (TPSA) is 82.8 Å². The molecule has 23 heavy (non-hydrogen) atoms.